The Morgan fingerprint density at radius 2 is 1.80 bits per heavy atom. The smallest absolute Gasteiger partial charge is 0.227 e. The molecule has 1 N–H and O–H groups in total. The molecule has 1 aliphatic rings. The molecule has 1 fully saturated rings. The first-order valence-electron chi connectivity index (χ1n) is 9.05. The number of carbonyl (C=O) groups is 1. The van der Waals surface area contributed by atoms with Crippen molar-refractivity contribution in [1.29, 1.82) is 0 Å². The van der Waals surface area contributed by atoms with E-state index in [2.05, 4.69) is 17.1 Å². The lowest BCUT2D eigenvalue weighted by molar-refractivity contribution is -0.121. The van der Waals surface area contributed by atoms with E-state index in [9.17, 15) is 9.18 Å². The molecule has 0 aliphatic carbocycles. The SMILES string of the molecule is CCCN1CCC(C(=O)Nc2cccc(-c3cccc(F)c3)c2)CC1. The first-order valence-corrected chi connectivity index (χ1v) is 9.05. The van der Waals surface area contributed by atoms with Crippen LogP contribution in [0.25, 0.3) is 11.1 Å². The Balaban J connectivity index is 1.63. The molecule has 0 bridgehead atoms. The lowest BCUT2D eigenvalue weighted by Gasteiger charge is -2.30. The molecule has 0 spiro atoms. The molecular formula is C21H25FN2O. The van der Waals surface area contributed by atoms with E-state index in [4.69, 9.17) is 0 Å². The number of nitrogens with one attached hydrogen (secondary N) is 1. The molecule has 1 saturated heterocycles. The van der Waals surface area contributed by atoms with E-state index in [1.807, 2.05) is 30.3 Å². The second-order valence-electron chi connectivity index (χ2n) is 6.70. The zero-order chi connectivity index (χ0) is 17.6. The Bertz CT molecular complexity index is 723. The molecule has 3 nitrogen and oxygen atoms in total. The largest absolute Gasteiger partial charge is 0.326 e. The summed E-state index contributed by atoms with van der Waals surface area (Å²) in [6.07, 6.45) is 2.98. The second kappa shape index (κ2) is 8.26. The minimum Gasteiger partial charge on any atom is -0.326 e. The molecule has 0 aromatic heterocycles. The van der Waals surface area contributed by atoms with Crippen LogP contribution in [0.1, 0.15) is 26.2 Å². The number of rotatable bonds is 5. The number of nitrogens with zero attached hydrogens (tertiary/aromatic N) is 1. The highest BCUT2D eigenvalue weighted by molar-refractivity contribution is 5.93. The summed E-state index contributed by atoms with van der Waals surface area (Å²) < 4.78 is 13.4. The zero-order valence-corrected chi connectivity index (χ0v) is 14.7. The fourth-order valence-corrected chi connectivity index (χ4v) is 3.42. The highest BCUT2D eigenvalue weighted by atomic mass is 19.1. The molecule has 25 heavy (non-hydrogen) atoms. The van der Waals surface area contributed by atoms with Gasteiger partial charge in [-0.25, -0.2) is 4.39 Å². The van der Waals surface area contributed by atoms with Gasteiger partial charge in [0.25, 0.3) is 0 Å². The summed E-state index contributed by atoms with van der Waals surface area (Å²) in [6.45, 7) is 5.29. The number of hydrogen-bond donors (Lipinski definition) is 1. The van der Waals surface area contributed by atoms with E-state index in [1.54, 1.807) is 6.07 Å². The first-order chi connectivity index (χ1) is 12.2. The molecule has 1 heterocycles. The van der Waals surface area contributed by atoms with Gasteiger partial charge in [-0.3, -0.25) is 4.79 Å². The predicted molar refractivity (Wildman–Crippen MR) is 99.9 cm³/mol. The van der Waals surface area contributed by atoms with Gasteiger partial charge >= 0.3 is 0 Å². The second-order valence-corrected chi connectivity index (χ2v) is 6.70. The third kappa shape index (κ3) is 4.67. The summed E-state index contributed by atoms with van der Waals surface area (Å²) >= 11 is 0. The Labute approximate surface area is 148 Å². The molecule has 1 amide bonds. The molecule has 1 aliphatic heterocycles. The number of benzene rings is 2. The van der Waals surface area contributed by atoms with E-state index in [0.717, 1.165) is 55.7 Å². The number of halogens is 1. The van der Waals surface area contributed by atoms with E-state index in [-0.39, 0.29) is 17.6 Å². The predicted octanol–water partition coefficient (Wildman–Crippen LogP) is 4.55. The molecule has 132 valence electrons. The number of piperidine rings is 1. The highest BCUT2D eigenvalue weighted by Crippen LogP contribution is 2.25. The summed E-state index contributed by atoms with van der Waals surface area (Å²) in [4.78, 5) is 15.0. The number of hydrogen-bond acceptors (Lipinski definition) is 2. The quantitative estimate of drug-likeness (QED) is 0.866. The molecule has 4 heteroatoms. The highest BCUT2D eigenvalue weighted by Gasteiger charge is 2.24. The minimum absolute atomic E-state index is 0.0749. The standard InChI is InChI=1S/C21H25FN2O/c1-2-11-24-12-9-16(10-13-24)21(25)23-20-8-4-6-18(15-20)17-5-3-7-19(22)14-17/h3-8,14-16H,2,9-13H2,1H3,(H,23,25). The van der Waals surface area contributed by atoms with Crippen LogP contribution in [-0.4, -0.2) is 30.4 Å². The monoisotopic (exact) mass is 340 g/mol. The van der Waals surface area contributed by atoms with Crippen LogP contribution in [0.15, 0.2) is 48.5 Å². The van der Waals surface area contributed by atoms with E-state index in [1.165, 1.54) is 12.1 Å². The summed E-state index contributed by atoms with van der Waals surface area (Å²) in [5.74, 6) is -0.0933. The van der Waals surface area contributed by atoms with Crippen LogP contribution in [0, 0.1) is 11.7 Å². The average molecular weight is 340 g/mol. The van der Waals surface area contributed by atoms with Crippen molar-refractivity contribution in [3.05, 3.63) is 54.3 Å². The Hall–Kier alpha value is -2.20. The van der Waals surface area contributed by atoms with Gasteiger partial charge in [0.1, 0.15) is 5.82 Å². The van der Waals surface area contributed by atoms with Crippen molar-refractivity contribution >= 4 is 11.6 Å². The first kappa shape index (κ1) is 17.6. The normalized spacial score (nSPS) is 15.9. The molecule has 3 rings (SSSR count). The maximum Gasteiger partial charge on any atom is 0.227 e. The van der Waals surface area contributed by atoms with Crippen molar-refractivity contribution in [1.82, 2.24) is 4.90 Å². The Morgan fingerprint density at radius 3 is 2.48 bits per heavy atom. The molecule has 2 aromatic rings. The van der Waals surface area contributed by atoms with Crippen molar-refractivity contribution in [3.63, 3.8) is 0 Å². The van der Waals surface area contributed by atoms with Crippen molar-refractivity contribution in [2.75, 3.05) is 25.0 Å². The van der Waals surface area contributed by atoms with Gasteiger partial charge in [-0.2, -0.15) is 0 Å². The average Bonchev–Trinajstić information content (AvgIpc) is 2.63. The van der Waals surface area contributed by atoms with Gasteiger partial charge in [0.2, 0.25) is 5.91 Å². The van der Waals surface area contributed by atoms with Gasteiger partial charge in [-0.15, -0.1) is 0 Å². The van der Waals surface area contributed by atoms with E-state index < -0.39 is 0 Å². The number of likely N-dealkylation sites (tertiary alicyclic amines) is 1. The van der Waals surface area contributed by atoms with Gasteiger partial charge < -0.3 is 10.2 Å². The van der Waals surface area contributed by atoms with Crippen LogP contribution in [0.2, 0.25) is 0 Å². The van der Waals surface area contributed by atoms with Gasteiger partial charge in [-0.1, -0.05) is 31.2 Å². The van der Waals surface area contributed by atoms with Crippen LogP contribution >= 0.6 is 0 Å². The zero-order valence-electron chi connectivity index (χ0n) is 14.7. The van der Waals surface area contributed by atoms with Crippen LogP contribution in [0.4, 0.5) is 10.1 Å². The Morgan fingerprint density at radius 1 is 1.12 bits per heavy atom. The van der Waals surface area contributed by atoms with Gasteiger partial charge in [-0.05, 0) is 74.3 Å². The van der Waals surface area contributed by atoms with Crippen molar-refractivity contribution in [2.24, 2.45) is 5.92 Å². The Kier molecular flexibility index (Phi) is 5.82. The fraction of sp³-hybridized carbons (Fsp3) is 0.381. The summed E-state index contributed by atoms with van der Waals surface area (Å²) in [5, 5.41) is 3.03. The maximum absolute atomic E-state index is 13.4. The van der Waals surface area contributed by atoms with E-state index >= 15 is 0 Å². The molecule has 2 aromatic carbocycles. The van der Waals surface area contributed by atoms with Crippen molar-refractivity contribution < 1.29 is 9.18 Å². The van der Waals surface area contributed by atoms with Crippen molar-refractivity contribution in [2.45, 2.75) is 26.2 Å². The van der Waals surface area contributed by atoms with Crippen LogP contribution in [0.3, 0.4) is 0 Å². The molecule has 0 radical (unpaired) electrons. The van der Waals surface area contributed by atoms with Crippen molar-refractivity contribution in [3.8, 4) is 11.1 Å². The number of amides is 1. The molecule has 0 saturated carbocycles. The van der Waals surface area contributed by atoms with Crippen LogP contribution < -0.4 is 5.32 Å². The topological polar surface area (TPSA) is 32.3 Å². The lowest BCUT2D eigenvalue weighted by Crippen LogP contribution is -2.38. The fourth-order valence-electron chi connectivity index (χ4n) is 3.42. The molecule has 0 unspecified atom stereocenters. The third-order valence-electron chi connectivity index (χ3n) is 4.79. The lowest BCUT2D eigenvalue weighted by atomic mass is 9.95. The number of carbonyl (C=O) groups excluding carboxylic acids is 1. The van der Waals surface area contributed by atoms with Gasteiger partial charge in [0.05, 0.1) is 0 Å². The van der Waals surface area contributed by atoms with E-state index in [0.29, 0.717) is 0 Å². The van der Waals surface area contributed by atoms with Crippen LogP contribution in [0.5, 0.6) is 0 Å². The minimum atomic E-state index is -0.259. The maximum atomic E-state index is 13.4. The third-order valence-corrected chi connectivity index (χ3v) is 4.79. The summed E-state index contributed by atoms with van der Waals surface area (Å²) in [7, 11) is 0. The molecule has 0 atom stereocenters. The number of anilines is 1. The van der Waals surface area contributed by atoms with Gasteiger partial charge in [0.15, 0.2) is 0 Å². The van der Waals surface area contributed by atoms with Crippen LogP contribution in [-0.2, 0) is 4.79 Å². The summed E-state index contributed by atoms with van der Waals surface area (Å²) in [6, 6.07) is 14.1. The summed E-state index contributed by atoms with van der Waals surface area (Å²) in [5.41, 5.74) is 2.47. The van der Waals surface area contributed by atoms with Gasteiger partial charge in [0, 0.05) is 11.6 Å². The molecular weight excluding hydrogens is 315 g/mol.